The van der Waals surface area contributed by atoms with Gasteiger partial charge in [0.1, 0.15) is 5.69 Å². The number of hydrogen-bond donors (Lipinski definition) is 3. The number of hydrogen-bond acceptors (Lipinski definition) is 5. The molecule has 1 aromatic heterocycles. The van der Waals surface area contributed by atoms with Crippen molar-refractivity contribution in [2.24, 2.45) is 11.7 Å². The zero-order valence-electron chi connectivity index (χ0n) is 10.9. The number of nitrogens with one attached hydrogen (secondary N) is 2. The van der Waals surface area contributed by atoms with Gasteiger partial charge in [0.25, 0.3) is 11.8 Å². The molecule has 1 aliphatic heterocycles. The molecule has 3 amide bonds. The van der Waals surface area contributed by atoms with Crippen molar-refractivity contribution in [1.29, 1.82) is 0 Å². The van der Waals surface area contributed by atoms with Crippen LogP contribution < -0.4 is 16.4 Å². The van der Waals surface area contributed by atoms with E-state index in [1.165, 1.54) is 18.3 Å². The van der Waals surface area contributed by atoms with Crippen molar-refractivity contribution in [3.05, 3.63) is 29.6 Å². The fraction of sp³-hybridized carbons (Fsp3) is 0.385. The Morgan fingerprint density at radius 1 is 1.25 bits per heavy atom. The smallest absolute Gasteiger partial charge is 0.267 e. The molecule has 0 aromatic carbocycles. The Hall–Kier alpha value is -2.28. The number of nitrogens with zero attached hydrogens (tertiary/aromatic N) is 1. The van der Waals surface area contributed by atoms with E-state index in [1.54, 1.807) is 0 Å². The van der Waals surface area contributed by atoms with Gasteiger partial charge in [-0.3, -0.25) is 24.7 Å². The first-order valence-electron chi connectivity index (χ1n) is 6.39. The van der Waals surface area contributed by atoms with Crippen molar-refractivity contribution in [2.75, 3.05) is 13.1 Å². The summed E-state index contributed by atoms with van der Waals surface area (Å²) in [5, 5.41) is 5.51. The third kappa shape index (κ3) is 3.39. The second-order valence-electron chi connectivity index (χ2n) is 4.64. The minimum atomic E-state index is -0.664. The molecular weight excluding hydrogens is 260 g/mol. The molecule has 106 valence electrons. The molecule has 2 rings (SSSR count). The normalized spacial score (nSPS) is 15.6. The number of nitrogens with two attached hydrogens (primary N) is 1. The van der Waals surface area contributed by atoms with Crippen LogP contribution in [0.1, 0.15) is 33.7 Å². The predicted octanol–water partition coefficient (Wildman–Crippen LogP) is -0.563. The second-order valence-corrected chi connectivity index (χ2v) is 4.64. The average Bonchev–Trinajstić information content (AvgIpc) is 2.48. The third-order valence-electron chi connectivity index (χ3n) is 3.22. The topological polar surface area (TPSA) is 114 Å². The average molecular weight is 276 g/mol. The number of imide groups is 1. The number of piperidine rings is 1. The van der Waals surface area contributed by atoms with Gasteiger partial charge >= 0.3 is 0 Å². The molecule has 7 heteroatoms. The van der Waals surface area contributed by atoms with Crippen LogP contribution in [-0.4, -0.2) is 35.8 Å². The summed E-state index contributed by atoms with van der Waals surface area (Å²) in [7, 11) is 0. The Kier molecular flexibility index (Phi) is 4.41. The third-order valence-corrected chi connectivity index (χ3v) is 3.22. The lowest BCUT2D eigenvalue weighted by molar-refractivity contribution is -0.124. The molecule has 0 bridgehead atoms. The van der Waals surface area contributed by atoms with Crippen molar-refractivity contribution < 1.29 is 14.4 Å². The molecule has 1 saturated heterocycles. The van der Waals surface area contributed by atoms with Crippen molar-refractivity contribution in [3.8, 4) is 0 Å². The van der Waals surface area contributed by atoms with Crippen LogP contribution in [0.5, 0.6) is 0 Å². The molecule has 0 radical (unpaired) electrons. The van der Waals surface area contributed by atoms with Crippen LogP contribution in [0.2, 0.25) is 0 Å². The summed E-state index contributed by atoms with van der Waals surface area (Å²) in [5.74, 6) is -1.59. The fourth-order valence-corrected chi connectivity index (χ4v) is 2.04. The summed E-state index contributed by atoms with van der Waals surface area (Å²) in [5.41, 5.74) is 5.35. The summed E-state index contributed by atoms with van der Waals surface area (Å²) >= 11 is 0. The Balaban J connectivity index is 1.96. The van der Waals surface area contributed by atoms with Gasteiger partial charge in [0.2, 0.25) is 5.91 Å². The Morgan fingerprint density at radius 3 is 2.50 bits per heavy atom. The maximum absolute atomic E-state index is 11.9. The molecular formula is C13H16N4O3. The maximum Gasteiger partial charge on any atom is 0.267 e. The van der Waals surface area contributed by atoms with E-state index in [2.05, 4.69) is 15.6 Å². The molecule has 0 unspecified atom stereocenters. The van der Waals surface area contributed by atoms with Gasteiger partial charge in [-0.1, -0.05) is 0 Å². The van der Waals surface area contributed by atoms with E-state index in [4.69, 9.17) is 5.73 Å². The van der Waals surface area contributed by atoms with Crippen LogP contribution in [0.4, 0.5) is 0 Å². The summed E-state index contributed by atoms with van der Waals surface area (Å²) in [6.07, 6.45) is 2.67. The Labute approximate surface area is 115 Å². The summed E-state index contributed by atoms with van der Waals surface area (Å²) in [6.45, 7) is 1.56. The predicted molar refractivity (Wildman–Crippen MR) is 70.8 cm³/mol. The number of carbonyl (C=O) groups is 3. The van der Waals surface area contributed by atoms with Crippen LogP contribution >= 0.6 is 0 Å². The lowest BCUT2D eigenvalue weighted by Crippen LogP contribution is -2.40. The van der Waals surface area contributed by atoms with E-state index >= 15 is 0 Å². The van der Waals surface area contributed by atoms with E-state index in [-0.39, 0.29) is 23.1 Å². The van der Waals surface area contributed by atoms with Gasteiger partial charge in [-0.15, -0.1) is 0 Å². The van der Waals surface area contributed by atoms with Gasteiger partial charge in [-0.25, -0.2) is 0 Å². The quantitative estimate of drug-likeness (QED) is 0.640. The molecule has 1 aliphatic rings. The molecule has 0 aliphatic carbocycles. The van der Waals surface area contributed by atoms with Crippen molar-refractivity contribution >= 4 is 17.7 Å². The maximum atomic E-state index is 11.9. The van der Waals surface area contributed by atoms with Crippen LogP contribution in [0.25, 0.3) is 0 Å². The van der Waals surface area contributed by atoms with E-state index in [9.17, 15) is 14.4 Å². The molecule has 1 aromatic rings. The van der Waals surface area contributed by atoms with Gasteiger partial charge in [0, 0.05) is 12.1 Å². The van der Waals surface area contributed by atoms with E-state index in [0.717, 1.165) is 25.9 Å². The Morgan fingerprint density at radius 2 is 1.95 bits per heavy atom. The first-order valence-corrected chi connectivity index (χ1v) is 6.39. The van der Waals surface area contributed by atoms with Gasteiger partial charge in [-0.2, -0.15) is 0 Å². The molecule has 7 nitrogen and oxygen atoms in total. The van der Waals surface area contributed by atoms with Crippen molar-refractivity contribution in [1.82, 2.24) is 15.6 Å². The number of primary amides is 1. The van der Waals surface area contributed by atoms with Gasteiger partial charge in [0.05, 0.1) is 5.56 Å². The summed E-state index contributed by atoms with van der Waals surface area (Å²) in [6, 6.07) is 2.77. The lowest BCUT2D eigenvalue weighted by atomic mass is 9.97. The Bertz CT molecular complexity index is 521. The largest absolute Gasteiger partial charge is 0.364 e. The highest BCUT2D eigenvalue weighted by molar-refractivity contribution is 6.05. The van der Waals surface area contributed by atoms with Crippen LogP contribution in [0, 0.1) is 5.92 Å². The number of carbonyl (C=O) groups excluding carboxylic acids is 3. The molecule has 4 N–H and O–H groups in total. The number of pyridine rings is 1. The minimum absolute atomic E-state index is 0.0752. The van der Waals surface area contributed by atoms with E-state index in [1.807, 2.05) is 0 Å². The highest BCUT2D eigenvalue weighted by Crippen LogP contribution is 2.11. The van der Waals surface area contributed by atoms with Gasteiger partial charge < -0.3 is 11.1 Å². The van der Waals surface area contributed by atoms with Crippen LogP contribution in [0.15, 0.2) is 18.3 Å². The molecule has 1 fully saturated rings. The summed E-state index contributed by atoms with van der Waals surface area (Å²) in [4.78, 5) is 38.4. The first-order chi connectivity index (χ1) is 9.58. The van der Waals surface area contributed by atoms with Gasteiger partial charge in [-0.05, 0) is 38.1 Å². The molecule has 0 saturated carbocycles. The number of aromatic nitrogens is 1. The molecule has 2 heterocycles. The van der Waals surface area contributed by atoms with E-state index in [0.29, 0.717) is 0 Å². The fourth-order valence-electron chi connectivity index (χ4n) is 2.04. The van der Waals surface area contributed by atoms with Crippen molar-refractivity contribution in [3.63, 3.8) is 0 Å². The number of amides is 3. The SMILES string of the molecule is NC(=O)c1ccc(C(=O)NC(=O)C2CCNCC2)cn1. The standard InChI is InChI=1S/C13H16N4O3/c14-11(18)10-2-1-9(7-16-10)13(20)17-12(19)8-3-5-15-6-4-8/h1-2,7-8,15H,3-6H2,(H2,14,18)(H,17,19,20). The highest BCUT2D eigenvalue weighted by atomic mass is 16.2. The monoisotopic (exact) mass is 276 g/mol. The number of rotatable bonds is 3. The minimum Gasteiger partial charge on any atom is -0.364 e. The first kappa shape index (κ1) is 14.1. The lowest BCUT2D eigenvalue weighted by Gasteiger charge is -2.21. The zero-order valence-corrected chi connectivity index (χ0v) is 10.9. The van der Waals surface area contributed by atoms with E-state index < -0.39 is 11.8 Å². The van der Waals surface area contributed by atoms with Crippen LogP contribution in [-0.2, 0) is 4.79 Å². The molecule has 20 heavy (non-hydrogen) atoms. The zero-order chi connectivity index (χ0) is 14.5. The van der Waals surface area contributed by atoms with Gasteiger partial charge in [0.15, 0.2) is 0 Å². The van der Waals surface area contributed by atoms with Crippen LogP contribution in [0.3, 0.4) is 0 Å². The molecule has 0 spiro atoms. The van der Waals surface area contributed by atoms with Crippen molar-refractivity contribution in [2.45, 2.75) is 12.8 Å². The molecule has 0 atom stereocenters. The second kappa shape index (κ2) is 6.25. The summed E-state index contributed by atoms with van der Waals surface area (Å²) < 4.78 is 0. The highest BCUT2D eigenvalue weighted by Gasteiger charge is 2.23.